The van der Waals surface area contributed by atoms with Gasteiger partial charge in [0.1, 0.15) is 5.92 Å². The van der Waals surface area contributed by atoms with Crippen LogP contribution in [-0.2, 0) is 14.0 Å². The molecule has 3 nitrogen and oxygen atoms in total. The van der Waals surface area contributed by atoms with E-state index in [1.165, 1.54) is 7.11 Å². The van der Waals surface area contributed by atoms with Gasteiger partial charge in [-0.25, -0.2) is 0 Å². The Hall–Kier alpha value is -0.873. The Labute approximate surface area is 118 Å². The van der Waals surface area contributed by atoms with E-state index in [1.54, 1.807) is 6.08 Å². The van der Waals surface area contributed by atoms with Gasteiger partial charge in [0.2, 0.25) is 0 Å². The zero-order valence-corrected chi connectivity index (χ0v) is 14.3. The summed E-state index contributed by atoms with van der Waals surface area (Å²) in [7, 11) is -0.563. The summed E-state index contributed by atoms with van der Waals surface area (Å²) < 4.78 is 11.1. The second kappa shape index (κ2) is 7.06. The van der Waals surface area contributed by atoms with Crippen molar-refractivity contribution in [3.05, 3.63) is 24.8 Å². The van der Waals surface area contributed by atoms with Gasteiger partial charge >= 0.3 is 5.97 Å². The van der Waals surface area contributed by atoms with Crippen molar-refractivity contribution in [2.24, 2.45) is 5.92 Å². The first-order chi connectivity index (χ1) is 8.60. The molecular formula is C15H28O3Si. The normalized spacial score (nSPS) is 16.2. The van der Waals surface area contributed by atoms with Crippen LogP contribution in [-0.4, -0.2) is 27.5 Å². The fourth-order valence-electron chi connectivity index (χ4n) is 1.44. The van der Waals surface area contributed by atoms with E-state index in [0.29, 0.717) is 0 Å². The zero-order chi connectivity index (χ0) is 15.3. The molecular weight excluding hydrogens is 256 g/mol. The first kappa shape index (κ1) is 18.1. The summed E-state index contributed by atoms with van der Waals surface area (Å²) in [6, 6.07) is 0. The van der Waals surface area contributed by atoms with Gasteiger partial charge in [0.05, 0.1) is 13.2 Å². The number of hydrogen-bond acceptors (Lipinski definition) is 3. The van der Waals surface area contributed by atoms with Crippen LogP contribution in [0.1, 0.15) is 27.7 Å². The van der Waals surface area contributed by atoms with Crippen LogP contribution in [0.15, 0.2) is 24.8 Å². The van der Waals surface area contributed by atoms with E-state index in [2.05, 4.69) is 40.4 Å². The summed E-state index contributed by atoms with van der Waals surface area (Å²) in [6.45, 7) is 16.5. The molecule has 4 heteroatoms. The Morgan fingerprint density at radius 3 is 2.16 bits per heavy atom. The quantitative estimate of drug-likeness (QED) is 0.421. The number of carbonyl (C=O) groups excluding carboxylic acids is 1. The Kier molecular flexibility index (Phi) is 6.73. The number of rotatable bonds is 6. The molecule has 0 saturated heterocycles. The largest absolute Gasteiger partial charge is 0.468 e. The van der Waals surface area contributed by atoms with Gasteiger partial charge in [-0.3, -0.25) is 4.79 Å². The first-order valence-electron chi connectivity index (χ1n) is 6.61. The van der Waals surface area contributed by atoms with Gasteiger partial charge in [-0.1, -0.05) is 39.0 Å². The van der Waals surface area contributed by atoms with Gasteiger partial charge in [-0.15, -0.1) is 6.58 Å². The van der Waals surface area contributed by atoms with Gasteiger partial charge < -0.3 is 9.16 Å². The van der Waals surface area contributed by atoms with Crippen LogP contribution in [0.25, 0.3) is 0 Å². The Balaban J connectivity index is 5.23. The average molecular weight is 284 g/mol. The lowest BCUT2D eigenvalue weighted by Crippen LogP contribution is -2.46. The van der Waals surface area contributed by atoms with Crippen molar-refractivity contribution >= 4 is 14.3 Å². The highest BCUT2D eigenvalue weighted by molar-refractivity contribution is 6.74. The molecule has 0 amide bonds. The second-order valence-corrected chi connectivity index (χ2v) is 10.9. The molecule has 0 radical (unpaired) electrons. The fourth-order valence-corrected chi connectivity index (χ4v) is 2.70. The Morgan fingerprint density at radius 2 is 1.84 bits per heavy atom. The van der Waals surface area contributed by atoms with E-state index in [1.807, 2.05) is 19.1 Å². The minimum absolute atomic E-state index is 0.0919. The molecule has 0 aliphatic carbocycles. The lowest BCUT2D eigenvalue weighted by atomic mass is 10.0. The summed E-state index contributed by atoms with van der Waals surface area (Å²) in [5.41, 5.74) is 0. The minimum atomic E-state index is -1.95. The molecule has 0 aliphatic heterocycles. The molecule has 0 bridgehead atoms. The van der Waals surface area contributed by atoms with Gasteiger partial charge in [0.15, 0.2) is 8.32 Å². The third-order valence-corrected chi connectivity index (χ3v) is 8.17. The predicted molar refractivity (Wildman–Crippen MR) is 82.6 cm³/mol. The van der Waals surface area contributed by atoms with Gasteiger partial charge in [-0.05, 0) is 25.1 Å². The molecule has 0 aromatic carbocycles. The molecule has 0 aliphatic rings. The maximum atomic E-state index is 11.8. The fraction of sp³-hybridized carbons (Fsp3) is 0.667. The van der Waals surface area contributed by atoms with E-state index in [4.69, 9.17) is 9.16 Å². The number of methoxy groups -OCH3 is 1. The average Bonchev–Trinajstić information content (AvgIpc) is 2.27. The van der Waals surface area contributed by atoms with E-state index < -0.39 is 14.2 Å². The molecule has 0 aromatic rings. The van der Waals surface area contributed by atoms with Crippen molar-refractivity contribution in [1.29, 1.82) is 0 Å². The van der Waals surface area contributed by atoms with Crippen LogP contribution in [0.2, 0.25) is 18.1 Å². The molecule has 0 N–H and O–H groups in total. The molecule has 19 heavy (non-hydrogen) atoms. The van der Waals surface area contributed by atoms with E-state index >= 15 is 0 Å². The van der Waals surface area contributed by atoms with Crippen LogP contribution in [0.3, 0.4) is 0 Å². The summed E-state index contributed by atoms with van der Waals surface area (Å²) in [5, 5.41) is 0.0919. The van der Waals surface area contributed by atoms with E-state index in [9.17, 15) is 4.79 Å². The van der Waals surface area contributed by atoms with Crippen molar-refractivity contribution in [3.63, 3.8) is 0 Å². The highest BCUT2D eigenvalue weighted by Gasteiger charge is 2.41. The van der Waals surface area contributed by atoms with Crippen molar-refractivity contribution in [2.45, 2.75) is 51.9 Å². The molecule has 0 aromatic heterocycles. The summed E-state index contributed by atoms with van der Waals surface area (Å²) >= 11 is 0. The van der Waals surface area contributed by atoms with Gasteiger partial charge in [0.25, 0.3) is 0 Å². The monoisotopic (exact) mass is 284 g/mol. The molecule has 0 saturated carbocycles. The molecule has 0 fully saturated rings. The number of carbonyl (C=O) groups is 1. The van der Waals surface area contributed by atoms with Crippen molar-refractivity contribution in [2.75, 3.05) is 7.11 Å². The van der Waals surface area contributed by atoms with Crippen molar-refractivity contribution in [3.8, 4) is 0 Å². The number of esters is 1. The van der Waals surface area contributed by atoms with Crippen molar-refractivity contribution in [1.82, 2.24) is 0 Å². The van der Waals surface area contributed by atoms with Crippen LogP contribution in [0.5, 0.6) is 0 Å². The maximum Gasteiger partial charge on any atom is 0.315 e. The molecule has 0 spiro atoms. The van der Waals surface area contributed by atoms with Gasteiger partial charge in [0, 0.05) is 0 Å². The van der Waals surface area contributed by atoms with Crippen LogP contribution in [0, 0.1) is 5.92 Å². The smallest absolute Gasteiger partial charge is 0.315 e. The van der Waals surface area contributed by atoms with Crippen LogP contribution >= 0.6 is 0 Å². The highest BCUT2D eigenvalue weighted by atomic mass is 28.4. The highest BCUT2D eigenvalue weighted by Crippen LogP contribution is 2.38. The lowest BCUT2D eigenvalue weighted by molar-refractivity contribution is -0.145. The minimum Gasteiger partial charge on any atom is -0.468 e. The summed E-state index contributed by atoms with van der Waals surface area (Å²) in [5.74, 6) is -0.771. The molecule has 2 atom stereocenters. The second-order valence-electron chi connectivity index (χ2n) is 6.15. The number of allylic oxidation sites excluding steroid dienone is 1. The van der Waals surface area contributed by atoms with E-state index in [-0.39, 0.29) is 17.1 Å². The molecule has 0 heterocycles. The number of ether oxygens (including phenoxy) is 1. The Morgan fingerprint density at radius 1 is 1.32 bits per heavy atom. The van der Waals surface area contributed by atoms with E-state index in [0.717, 1.165) is 0 Å². The van der Waals surface area contributed by atoms with Crippen LogP contribution in [0.4, 0.5) is 0 Å². The standard InChI is InChI=1S/C15H28O3Si/c1-9-11-13(12(10-2)14(16)17-6)18-19(7,8)15(3,4)5/h9-13H,2H2,1,3-8H3/b11-9+/t12-,13+/m0/s1. The third kappa shape index (κ3) is 4.95. The topological polar surface area (TPSA) is 35.5 Å². The lowest BCUT2D eigenvalue weighted by Gasteiger charge is -2.39. The maximum absolute atomic E-state index is 11.8. The van der Waals surface area contributed by atoms with Crippen LogP contribution < -0.4 is 0 Å². The molecule has 0 unspecified atom stereocenters. The predicted octanol–water partition coefficient (Wildman–Crippen LogP) is 3.93. The molecule has 0 rings (SSSR count). The first-order valence-corrected chi connectivity index (χ1v) is 9.52. The molecule has 110 valence electrons. The van der Waals surface area contributed by atoms with Crippen molar-refractivity contribution < 1.29 is 14.0 Å². The SMILES string of the molecule is C=C[C@H](C(=O)OC)[C@@H](/C=C/C)O[Si](C)(C)C(C)(C)C. The van der Waals surface area contributed by atoms with Gasteiger partial charge in [-0.2, -0.15) is 0 Å². The third-order valence-electron chi connectivity index (χ3n) is 3.70. The Bertz CT molecular complexity index is 340. The summed E-state index contributed by atoms with van der Waals surface area (Å²) in [4.78, 5) is 11.8. The number of hydrogen-bond donors (Lipinski definition) is 0. The summed E-state index contributed by atoms with van der Waals surface area (Å²) in [6.07, 6.45) is 5.10. The zero-order valence-electron chi connectivity index (χ0n) is 13.3.